The number of likely N-dealkylation sites (tertiary alicyclic amines) is 2. The van der Waals surface area contributed by atoms with Crippen LogP contribution in [-0.4, -0.2) is 66.5 Å². The van der Waals surface area contributed by atoms with E-state index in [9.17, 15) is 4.79 Å². The van der Waals surface area contributed by atoms with Crippen molar-refractivity contribution in [3.05, 3.63) is 0 Å². The summed E-state index contributed by atoms with van der Waals surface area (Å²) in [5.74, 6) is 0.692. The first-order valence-corrected chi connectivity index (χ1v) is 7.41. The molecule has 0 aromatic carbocycles. The zero-order valence-electron chi connectivity index (χ0n) is 12.1. The van der Waals surface area contributed by atoms with E-state index in [0.717, 1.165) is 32.6 Å². The summed E-state index contributed by atoms with van der Waals surface area (Å²) in [4.78, 5) is 18.9. The van der Waals surface area contributed by atoms with Crippen LogP contribution in [0.3, 0.4) is 0 Å². The van der Waals surface area contributed by atoms with Crippen LogP contribution in [0.25, 0.3) is 0 Å². The summed E-state index contributed by atoms with van der Waals surface area (Å²) in [6.07, 6.45) is 3.72. The van der Waals surface area contributed by atoms with Gasteiger partial charge in [-0.25, -0.2) is 4.79 Å². The van der Waals surface area contributed by atoms with E-state index in [1.165, 1.54) is 19.4 Å². The summed E-state index contributed by atoms with van der Waals surface area (Å²) in [6, 6.07) is 0.950. The minimum absolute atomic E-state index is 0.242. The van der Waals surface area contributed by atoms with E-state index in [1.54, 1.807) is 0 Å². The maximum atomic E-state index is 12.4. The van der Waals surface area contributed by atoms with Gasteiger partial charge in [0.25, 0.3) is 0 Å². The molecule has 0 aliphatic carbocycles. The van der Waals surface area contributed by atoms with Gasteiger partial charge in [0.2, 0.25) is 0 Å². The van der Waals surface area contributed by atoms with Crippen molar-refractivity contribution in [2.75, 3.05) is 39.8 Å². The lowest BCUT2D eigenvalue weighted by Crippen LogP contribution is -2.56. The summed E-state index contributed by atoms with van der Waals surface area (Å²) < 4.78 is 0. The third-order valence-electron chi connectivity index (χ3n) is 4.65. The van der Waals surface area contributed by atoms with Gasteiger partial charge in [-0.15, -0.1) is 0 Å². The van der Waals surface area contributed by atoms with Crippen molar-refractivity contribution in [3.63, 3.8) is 0 Å². The smallest absolute Gasteiger partial charge is 0.319 e. The lowest BCUT2D eigenvalue weighted by atomic mass is 9.84. The van der Waals surface area contributed by atoms with Crippen molar-refractivity contribution < 1.29 is 4.79 Å². The monoisotopic (exact) mass is 253 g/mol. The van der Waals surface area contributed by atoms with E-state index in [-0.39, 0.29) is 6.03 Å². The van der Waals surface area contributed by atoms with Gasteiger partial charge in [-0.2, -0.15) is 0 Å². The number of fused-ring (bicyclic) bond motifs is 1. The van der Waals surface area contributed by atoms with Crippen molar-refractivity contribution in [2.24, 2.45) is 5.92 Å². The average Bonchev–Trinajstić information content (AvgIpc) is 2.40. The van der Waals surface area contributed by atoms with E-state index >= 15 is 0 Å². The summed E-state index contributed by atoms with van der Waals surface area (Å²) in [5.41, 5.74) is 0. The highest BCUT2D eigenvalue weighted by molar-refractivity contribution is 5.74. The number of urea groups is 1. The predicted molar refractivity (Wildman–Crippen MR) is 73.6 cm³/mol. The van der Waals surface area contributed by atoms with Crippen molar-refractivity contribution >= 4 is 6.03 Å². The minimum atomic E-state index is 0.242. The molecule has 2 unspecified atom stereocenters. The number of amides is 2. The lowest BCUT2D eigenvalue weighted by molar-refractivity contribution is 0.0441. The second kappa shape index (κ2) is 5.91. The maximum absolute atomic E-state index is 12.4. The molecule has 2 aliphatic rings. The normalized spacial score (nSPS) is 28.9. The fourth-order valence-electron chi connectivity index (χ4n) is 3.52. The van der Waals surface area contributed by atoms with Crippen LogP contribution in [0, 0.1) is 5.92 Å². The Morgan fingerprint density at radius 2 is 1.94 bits per heavy atom. The molecule has 4 heteroatoms. The Bertz CT molecular complexity index is 291. The molecule has 0 saturated carbocycles. The van der Waals surface area contributed by atoms with Gasteiger partial charge in [0.05, 0.1) is 0 Å². The van der Waals surface area contributed by atoms with Crippen LogP contribution in [0.5, 0.6) is 0 Å². The largest absolute Gasteiger partial charge is 0.325 e. The molecule has 0 N–H and O–H groups in total. The Kier molecular flexibility index (Phi) is 4.49. The topological polar surface area (TPSA) is 26.8 Å². The summed E-state index contributed by atoms with van der Waals surface area (Å²) in [7, 11) is 2.23. The van der Waals surface area contributed by atoms with E-state index in [0.29, 0.717) is 12.0 Å². The van der Waals surface area contributed by atoms with Crippen molar-refractivity contribution in [1.29, 1.82) is 0 Å². The van der Waals surface area contributed by atoms with Crippen LogP contribution in [0.1, 0.15) is 33.1 Å². The second-order valence-corrected chi connectivity index (χ2v) is 5.64. The highest BCUT2D eigenvalue weighted by Gasteiger charge is 2.36. The predicted octanol–water partition coefficient (Wildman–Crippen LogP) is 1.86. The van der Waals surface area contributed by atoms with Gasteiger partial charge in [-0.05, 0) is 52.6 Å². The van der Waals surface area contributed by atoms with Gasteiger partial charge in [0, 0.05) is 32.2 Å². The Hall–Kier alpha value is -0.770. The standard InChI is InChI=1S/C14H27N3O/c1-4-16(5-2)14(18)17-10-8-13-12(11-17)7-6-9-15(13)3/h12-13H,4-11H2,1-3H3. The molecule has 2 rings (SSSR count). The Labute approximate surface area is 111 Å². The van der Waals surface area contributed by atoms with Crippen LogP contribution >= 0.6 is 0 Å². The van der Waals surface area contributed by atoms with Gasteiger partial charge < -0.3 is 14.7 Å². The summed E-state index contributed by atoms with van der Waals surface area (Å²) >= 11 is 0. The number of carbonyl (C=O) groups excluding carboxylic acids is 1. The van der Waals surface area contributed by atoms with Gasteiger partial charge in [-0.1, -0.05) is 0 Å². The third-order valence-corrected chi connectivity index (χ3v) is 4.65. The molecule has 2 atom stereocenters. The summed E-state index contributed by atoms with van der Waals surface area (Å²) in [6.45, 7) is 8.88. The van der Waals surface area contributed by atoms with E-state index in [1.807, 2.05) is 4.90 Å². The maximum Gasteiger partial charge on any atom is 0.319 e. The van der Waals surface area contributed by atoms with E-state index in [4.69, 9.17) is 0 Å². The van der Waals surface area contributed by atoms with Gasteiger partial charge >= 0.3 is 6.03 Å². The summed E-state index contributed by atoms with van der Waals surface area (Å²) in [5, 5.41) is 0. The lowest BCUT2D eigenvalue weighted by Gasteiger charge is -2.46. The van der Waals surface area contributed by atoms with Crippen molar-refractivity contribution in [3.8, 4) is 0 Å². The zero-order chi connectivity index (χ0) is 13.1. The van der Waals surface area contributed by atoms with E-state index < -0.39 is 0 Å². The molecule has 4 nitrogen and oxygen atoms in total. The molecule has 2 saturated heterocycles. The SMILES string of the molecule is CCN(CC)C(=O)N1CCC2C(CCCN2C)C1. The highest BCUT2D eigenvalue weighted by Crippen LogP contribution is 2.29. The molecule has 2 heterocycles. The first-order chi connectivity index (χ1) is 8.67. The molecule has 2 amide bonds. The Balaban J connectivity index is 1.96. The molecule has 0 radical (unpaired) electrons. The first-order valence-electron chi connectivity index (χ1n) is 7.41. The van der Waals surface area contributed by atoms with Crippen molar-refractivity contribution in [2.45, 2.75) is 39.2 Å². The van der Waals surface area contributed by atoms with Gasteiger partial charge in [-0.3, -0.25) is 0 Å². The number of hydrogen-bond acceptors (Lipinski definition) is 2. The number of piperidine rings is 2. The molecule has 104 valence electrons. The number of nitrogens with zero attached hydrogens (tertiary/aromatic N) is 3. The quantitative estimate of drug-likeness (QED) is 0.751. The van der Waals surface area contributed by atoms with Crippen LogP contribution < -0.4 is 0 Å². The molecule has 2 aliphatic heterocycles. The van der Waals surface area contributed by atoms with Gasteiger partial charge in [0.1, 0.15) is 0 Å². The van der Waals surface area contributed by atoms with Crippen LogP contribution in [0.2, 0.25) is 0 Å². The molecule has 0 bridgehead atoms. The average molecular weight is 253 g/mol. The molecular formula is C14H27N3O. The molecule has 0 spiro atoms. The number of carbonyl (C=O) groups is 1. The Morgan fingerprint density at radius 3 is 2.61 bits per heavy atom. The first kappa shape index (κ1) is 13.7. The Morgan fingerprint density at radius 1 is 1.22 bits per heavy atom. The molecular weight excluding hydrogens is 226 g/mol. The van der Waals surface area contributed by atoms with Crippen molar-refractivity contribution in [1.82, 2.24) is 14.7 Å². The molecule has 18 heavy (non-hydrogen) atoms. The number of hydrogen-bond donors (Lipinski definition) is 0. The fourth-order valence-corrected chi connectivity index (χ4v) is 3.52. The van der Waals surface area contributed by atoms with Crippen LogP contribution in [0.4, 0.5) is 4.79 Å². The van der Waals surface area contributed by atoms with Crippen LogP contribution in [-0.2, 0) is 0 Å². The third kappa shape index (κ3) is 2.63. The number of rotatable bonds is 2. The highest BCUT2D eigenvalue weighted by atomic mass is 16.2. The minimum Gasteiger partial charge on any atom is -0.325 e. The molecule has 0 aromatic rings. The second-order valence-electron chi connectivity index (χ2n) is 5.64. The zero-order valence-corrected chi connectivity index (χ0v) is 12.1. The fraction of sp³-hybridized carbons (Fsp3) is 0.929. The molecule has 0 aromatic heterocycles. The van der Waals surface area contributed by atoms with Gasteiger partial charge in [0.15, 0.2) is 0 Å². The van der Waals surface area contributed by atoms with E-state index in [2.05, 4.69) is 30.7 Å². The van der Waals surface area contributed by atoms with Crippen LogP contribution in [0.15, 0.2) is 0 Å². The molecule has 2 fully saturated rings.